The van der Waals surface area contributed by atoms with Crippen molar-refractivity contribution >= 4 is 17.7 Å². The highest BCUT2D eigenvalue weighted by atomic mass is 32.2. The maximum atomic E-state index is 12.1. The van der Waals surface area contributed by atoms with Gasteiger partial charge in [0.15, 0.2) is 0 Å². The van der Waals surface area contributed by atoms with Crippen LogP contribution in [-0.2, 0) is 0 Å². The van der Waals surface area contributed by atoms with Crippen molar-refractivity contribution in [1.29, 1.82) is 0 Å². The summed E-state index contributed by atoms with van der Waals surface area (Å²) in [6, 6.07) is 9.72. The number of hydrogen-bond donors (Lipinski definition) is 1. The minimum Gasteiger partial charge on any atom is -0.344 e. The summed E-state index contributed by atoms with van der Waals surface area (Å²) in [6.07, 6.45) is 3.63. The first-order valence-corrected chi connectivity index (χ1v) is 7.57. The van der Waals surface area contributed by atoms with Crippen LogP contribution in [0.5, 0.6) is 0 Å². The molecule has 0 radical (unpaired) electrons. The van der Waals surface area contributed by atoms with E-state index in [4.69, 9.17) is 0 Å². The molecule has 5 heteroatoms. The topological polar surface area (TPSA) is 54.9 Å². The third kappa shape index (κ3) is 3.57. The van der Waals surface area contributed by atoms with Gasteiger partial charge in [-0.15, -0.1) is 11.8 Å². The van der Waals surface area contributed by atoms with Crippen molar-refractivity contribution in [2.45, 2.75) is 24.8 Å². The number of rotatable bonds is 4. The number of nitrogens with one attached hydrogen (secondary N) is 1. The van der Waals surface area contributed by atoms with Crippen molar-refractivity contribution in [2.24, 2.45) is 0 Å². The van der Waals surface area contributed by atoms with Gasteiger partial charge in [-0.3, -0.25) is 4.79 Å². The van der Waals surface area contributed by atoms with Gasteiger partial charge in [-0.05, 0) is 43.9 Å². The molecular formula is C15H17N3OS. The van der Waals surface area contributed by atoms with Crippen LogP contribution in [0.4, 0.5) is 0 Å². The standard InChI is InChI=1S/C15H17N3OS/c1-10(12-4-6-13(20-3)7-5-12)17-15(19)14-8-9-16-11(2)18-14/h4-10H,1-3H3,(H,17,19)/t10-/m0/s1. The monoisotopic (exact) mass is 287 g/mol. The molecule has 1 N–H and O–H groups in total. The van der Waals surface area contributed by atoms with Crippen LogP contribution in [0.15, 0.2) is 41.4 Å². The molecule has 2 rings (SSSR count). The maximum absolute atomic E-state index is 12.1. The Hall–Kier alpha value is -1.88. The van der Waals surface area contributed by atoms with Crippen molar-refractivity contribution in [1.82, 2.24) is 15.3 Å². The minimum absolute atomic E-state index is 0.0614. The summed E-state index contributed by atoms with van der Waals surface area (Å²) in [4.78, 5) is 21.4. The smallest absolute Gasteiger partial charge is 0.270 e. The summed E-state index contributed by atoms with van der Waals surface area (Å²) < 4.78 is 0. The Morgan fingerprint density at radius 3 is 2.55 bits per heavy atom. The molecule has 2 aromatic rings. The molecule has 20 heavy (non-hydrogen) atoms. The molecule has 1 aromatic heterocycles. The van der Waals surface area contributed by atoms with Crippen LogP contribution >= 0.6 is 11.8 Å². The molecule has 0 aliphatic carbocycles. The van der Waals surface area contributed by atoms with Gasteiger partial charge in [-0.1, -0.05) is 12.1 Å². The fourth-order valence-corrected chi connectivity index (χ4v) is 2.24. The van der Waals surface area contributed by atoms with Gasteiger partial charge in [0.25, 0.3) is 5.91 Å². The molecule has 1 amide bonds. The van der Waals surface area contributed by atoms with E-state index in [9.17, 15) is 4.79 Å². The summed E-state index contributed by atoms with van der Waals surface area (Å²) >= 11 is 1.70. The Morgan fingerprint density at radius 1 is 1.25 bits per heavy atom. The number of carbonyl (C=O) groups is 1. The summed E-state index contributed by atoms with van der Waals surface area (Å²) in [5, 5.41) is 2.94. The van der Waals surface area contributed by atoms with Gasteiger partial charge in [0.2, 0.25) is 0 Å². The van der Waals surface area contributed by atoms with Crippen LogP contribution in [0.3, 0.4) is 0 Å². The molecule has 0 unspecified atom stereocenters. The van der Waals surface area contributed by atoms with E-state index < -0.39 is 0 Å². The highest BCUT2D eigenvalue weighted by Crippen LogP contribution is 2.19. The van der Waals surface area contributed by atoms with Crippen LogP contribution in [-0.4, -0.2) is 22.1 Å². The Labute approximate surface area is 123 Å². The van der Waals surface area contributed by atoms with Gasteiger partial charge in [0.05, 0.1) is 6.04 Å². The lowest BCUT2D eigenvalue weighted by Gasteiger charge is -2.14. The molecule has 0 fully saturated rings. The second-order valence-electron chi connectivity index (χ2n) is 4.46. The normalized spacial score (nSPS) is 11.9. The van der Waals surface area contributed by atoms with Crippen LogP contribution in [0, 0.1) is 6.92 Å². The van der Waals surface area contributed by atoms with Gasteiger partial charge in [-0.25, -0.2) is 9.97 Å². The lowest BCUT2D eigenvalue weighted by Crippen LogP contribution is -2.27. The van der Waals surface area contributed by atoms with E-state index in [0.29, 0.717) is 11.5 Å². The average molecular weight is 287 g/mol. The molecule has 0 saturated heterocycles. The lowest BCUT2D eigenvalue weighted by molar-refractivity contribution is 0.0934. The summed E-state index contributed by atoms with van der Waals surface area (Å²) in [6.45, 7) is 3.72. The molecule has 4 nitrogen and oxygen atoms in total. The van der Waals surface area contributed by atoms with Crippen LogP contribution in [0.2, 0.25) is 0 Å². The van der Waals surface area contributed by atoms with Crippen LogP contribution < -0.4 is 5.32 Å². The number of nitrogens with zero attached hydrogens (tertiary/aromatic N) is 2. The van der Waals surface area contributed by atoms with E-state index in [1.54, 1.807) is 30.9 Å². The van der Waals surface area contributed by atoms with E-state index in [1.165, 1.54) is 4.90 Å². The highest BCUT2D eigenvalue weighted by molar-refractivity contribution is 7.98. The number of hydrogen-bond acceptors (Lipinski definition) is 4. The Bertz CT molecular complexity index is 598. The fraction of sp³-hybridized carbons (Fsp3) is 0.267. The average Bonchev–Trinajstić information content (AvgIpc) is 2.47. The molecule has 0 aliphatic rings. The number of thioether (sulfide) groups is 1. The van der Waals surface area contributed by atoms with Crippen molar-refractivity contribution in [2.75, 3.05) is 6.26 Å². The predicted octanol–water partition coefficient (Wildman–Crippen LogP) is 3.00. The maximum Gasteiger partial charge on any atom is 0.270 e. The Kier molecular flexibility index (Phi) is 4.74. The zero-order chi connectivity index (χ0) is 14.5. The minimum atomic E-state index is -0.183. The number of benzene rings is 1. The molecular weight excluding hydrogens is 270 g/mol. The van der Waals surface area contributed by atoms with Crippen molar-refractivity contribution in [3.63, 3.8) is 0 Å². The van der Waals surface area contributed by atoms with Crippen LogP contribution in [0.25, 0.3) is 0 Å². The molecule has 1 aromatic carbocycles. The molecule has 0 bridgehead atoms. The van der Waals surface area contributed by atoms with Gasteiger partial charge >= 0.3 is 0 Å². The van der Waals surface area contributed by atoms with Crippen molar-refractivity contribution in [3.8, 4) is 0 Å². The molecule has 1 heterocycles. The first-order chi connectivity index (χ1) is 9.60. The number of aryl methyl sites for hydroxylation is 1. The first-order valence-electron chi connectivity index (χ1n) is 6.34. The van der Waals surface area contributed by atoms with E-state index >= 15 is 0 Å². The first kappa shape index (κ1) is 14.5. The summed E-state index contributed by atoms with van der Waals surface area (Å²) in [5.41, 5.74) is 1.46. The zero-order valence-electron chi connectivity index (χ0n) is 11.8. The molecule has 0 aliphatic heterocycles. The summed E-state index contributed by atoms with van der Waals surface area (Å²) in [5.74, 6) is 0.409. The number of amides is 1. The fourth-order valence-electron chi connectivity index (χ4n) is 1.83. The van der Waals surface area contributed by atoms with Gasteiger partial charge in [0, 0.05) is 11.1 Å². The Morgan fingerprint density at radius 2 is 1.95 bits per heavy atom. The zero-order valence-corrected chi connectivity index (χ0v) is 12.6. The van der Waals surface area contributed by atoms with E-state index in [1.807, 2.05) is 25.3 Å². The second kappa shape index (κ2) is 6.52. The van der Waals surface area contributed by atoms with Gasteiger partial charge in [-0.2, -0.15) is 0 Å². The SMILES string of the molecule is CSc1ccc([C@H](C)NC(=O)c2ccnc(C)n2)cc1. The van der Waals surface area contributed by atoms with E-state index in [2.05, 4.69) is 27.4 Å². The quantitative estimate of drug-likeness (QED) is 0.878. The third-order valence-electron chi connectivity index (χ3n) is 2.97. The molecule has 0 spiro atoms. The molecule has 0 saturated carbocycles. The van der Waals surface area contributed by atoms with Crippen LogP contribution in [0.1, 0.15) is 34.8 Å². The predicted molar refractivity (Wildman–Crippen MR) is 80.9 cm³/mol. The largest absolute Gasteiger partial charge is 0.344 e. The summed E-state index contributed by atoms with van der Waals surface area (Å²) in [7, 11) is 0. The van der Waals surface area contributed by atoms with E-state index in [-0.39, 0.29) is 11.9 Å². The second-order valence-corrected chi connectivity index (χ2v) is 5.34. The molecule has 104 valence electrons. The van der Waals surface area contributed by atoms with Crippen molar-refractivity contribution < 1.29 is 4.79 Å². The highest BCUT2D eigenvalue weighted by Gasteiger charge is 2.12. The van der Waals surface area contributed by atoms with E-state index in [0.717, 1.165) is 5.56 Å². The lowest BCUT2D eigenvalue weighted by atomic mass is 10.1. The van der Waals surface area contributed by atoms with Gasteiger partial charge in [0.1, 0.15) is 11.5 Å². The van der Waals surface area contributed by atoms with Gasteiger partial charge < -0.3 is 5.32 Å². The molecule has 1 atom stereocenters. The Balaban J connectivity index is 2.06. The third-order valence-corrected chi connectivity index (χ3v) is 3.72. The van der Waals surface area contributed by atoms with Crippen molar-refractivity contribution in [3.05, 3.63) is 53.6 Å². The number of aromatic nitrogens is 2. The number of carbonyl (C=O) groups excluding carboxylic acids is 1.